The summed E-state index contributed by atoms with van der Waals surface area (Å²) in [5.74, 6) is -1.88. The second-order valence-electron chi connectivity index (χ2n) is 2.55. The number of hydrogen-bond acceptors (Lipinski definition) is 3. The minimum absolute atomic E-state index is 0.231. The van der Waals surface area contributed by atoms with Crippen molar-refractivity contribution in [3.05, 3.63) is 18.3 Å². The van der Waals surface area contributed by atoms with Gasteiger partial charge in [0.05, 0.1) is 0 Å². The summed E-state index contributed by atoms with van der Waals surface area (Å²) in [7, 11) is 0. The predicted octanol–water partition coefficient (Wildman–Crippen LogP) is 0.0361. The van der Waals surface area contributed by atoms with Gasteiger partial charge in [-0.15, -0.1) is 0 Å². The van der Waals surface area contributed by atoms with Gasteiger partial charge in [0.2, 0.25) is 0 Å². The number of rotatable bonds is 5. The van der Waals surface area contributed by atoms with Crippen molar-refractivity contribution >= 4 is 11.9 Å². The largest absolute Gasteiger partial charge is 0.480 e. The maximum absolute atomic E-state index is 10.4. The Morgan fingerprint density at radius 1 is 1.36 bits per heavy atom. The zero-order chi connectivity index (χ0) is 10.6. The number of nitrogens with zero attached hydrogens (tertiary/aromatic N) is 1. The van der Waals surface area contributed by atoms with Crippen LogP contribution in [0.5, 0.6) is 5.88 Å². The second-order valence-corrected chi connectivity index (χ2v) is 2.55. The number of ether oxygens (including phenoxy) is 1. The van der Waals surface area contributed by atoms with Crippen LogP contribution in [0.2, 0.25) is 0 Å². The van der Waals surface area contributed by atoms with E-state index in [2.05, 4.69) is 0 Å². The van der Waals surface area contributed by atoms with E-state index in [1.165, 1.54) is 16.8 Å². The number of hydrogen-bond donors (Lipinski definition) is 2. The van der Waals surface area contributed by atoms with Gasteiger partial charge in [0.25, 0.3) is 0 Å². The van der Waals surface area contributed by atoms with Gasteiger partial charge >= 0.3 is 11.9 Å². The van der Waals surface area contributed by atoms with Crippen molar-refractivity contribution < 1.29 is 24.5 Å². The normalized spacial score (nSPS) is 9.71. The topological polar surface area (TPSA) is 88.8 Å². The number of aromatic nitrogens is 1. The van der Waals surface area contributed by atoms with E-state index in [0.717, 1.165) is 0 Å². The first-order valence-corrected chi connectivity index (χ1v) is 3.81. The third-order valence-corrected chi connectivity index (χ3v) is 1.44. The van der Waals surface area contributed by atoms with E-state index >= 15 is 0 Å². The van der Waals surface area contributed by atoms with Crippen molar-refractivity contribution in [2.75, 3.05) is 6.61 Å². The van der Waals surface area contributed by atoms with Gasteiger partial charge in [0.1, 0.15) is 6.54 Å². The minimum Gasteiger partial charge on any atom is -0.480 e. The summed E-state index contributed by atoms with van der Waals surface area (Å²) < 4.78 is 6.15. The smallest absolute Gasteiger partial charge is 0.341 e. The molecule has 6 nitrogen and oxygen atoms in total. The molecule has 0 saturated carbocycles. The predicted molar refractivity (Wildman–Crippen MR) is 45.2 cm³/mol. The molecule has 14 heavy (non-hydrogen) atoms. The van der Waals surface area contributed by atoms with Crippen molar-refractivity contribution in [2.45, 2.75) is 6.54 Å². The SMILES string of the molecule is O=C(O)COc1cccn1CC(=O)O. The first-order valence-electron chi connectivity index (χ1n) is 3.81. The Hall–Kier alpha value is -1.98. The van der Waals surface area contributed by atoms with E-state index in [9.17, 15) is 9.59 Å². The third kappa shape index (κ3) is 2.81. The molecule has 76 valence electrons. The number of carboxylic acids is 2. The van der Waals surface area contributed by atoms with Crippen LogP contribution in [0.15, 0.2) is 18.3 Å². The first kappa shape index (κ1) is 10.1. The molecule has 6 heteroatoms. The highest BCUT2D eigenvalue weighted by Gasteiger charge is 2.06. The van der Waals surface area contributed by atoms with Crippen LogP contribution < -0.4 is 4.74 Å². The molecule has 1 aromatic rings. The second kappa shape index (κ2) is 4.31. The lowest BCUT2D eigenvalue weighted by molar-refractivity contribution is -0.139. The van der Waals surface area contributed by atoms with Crippen LogP contribution in [0.1, 0.15) is 0 Å². The van der Waals surface area contributed by atoms with Gasteiger partial charge in [-0.2, -0.15) is 0 Å². The quantitative estimate of drug-likeness (QED) is 0.698. The van der Waals surface area contributed by atoms with Gasteiger partial charge in [0.15, 0.2) is 12.5 Å². The Morgan fingerprint density at radius 3 is 2.64 bits per heavy atom. The maximum Gasteiger partial charge on any atom is 0.341 e. The molecule has 0 saturated heterocycles. The average Bonchev–Trinajstić information content (AvgIpc) is 2.47. The van der Waals surface area contributed by atoms with E-state index in [-0.39, 0.29) is 12.4 Å². The standard InChI is InChI=1S/C8H9NO5/c10-7(11)4-9-3-1-2-6(9)14-5-8(12)13/h1-3H,4-5H2,(H,10,11)(H,12,13). The van der Waals surface area contributed by atoms with Crippen molar-refractivity contribution in [3.8, 4) is 5.88 Å². The van der Waals surface area contributed by atoms with Crippen LogP contribution in [0.4, 0.5) is 0 Å². The molecule has 1 aromatic heterocycles. The lowest BCUT2D eigenvalue weighted by atomic mass is 10.6. The fraction of sp³-hybridized carbons (Fsp3) is 0.250. The lowest BCUT2D eigenvalue weighted by Gasteiger charge is -2.06. The van der Waals surface area contributed by atoms with Crippen LogP contribution in [-0.2, 0) is 16.1 Å². The summed E-state index contributed by atoms with van der Waals surface area (Å²) in [6.07, 6.45) is 1.51. The molecule has 1 heterocycles. The van der Waals surface area contributed by atoms with Crippen LogP contribution in [-0.4, -0.2) is 33.3 Å². The molecule has 0 radical (unpaired) electrons. The van der Waals surface area contributed by atoms with E-state index in [4.69, 9.17) is 14.9 Å². The maximum atomic E-state index is 10.4. The van der Waals surface area contributed by atoms with Gasteiger partial charge in [-0.25, -0.2) is 4.79 Å². The molecule has 0 aliphatic rings. The summed E-state index contributed by atoms with van der Waals surface area (Å²) in [4.78, 5) is 20.5. The number of carboxylic acid groups (broad SMARTS) is 2. The molecule has 0 aliphatic carbocycles. The molecule has 0 bridgehead atoms. The van der Waals surface area contributed by atoms with E-state index in [1.807, 2.05) is 0 Å². The molecule has 0 aromatic carbocycles. The number of carbonyl (C=O) groups is 2. The van der Waals surface area contributed by atoms with Crippen molar-refractivity contribution in [1.82, 2.24) is 4.57 Å². The lowest BCUT2D eigenvalue weighted by Crippen LogP contribution is -2.14. The van der Waals surface area contributed by atoms with Crippen LogP contribution >= 0.6 is 0 Å². The van der Waals surface area contributed by atoms with Gasteiger partial charge in [-0.3, -0.25) is 4.79 Å². The summed E-state index contributed by atoms with van der Waals surface area (Å²) in [6.45, 7) is -0.731. The van der Waals surface area contributed by atoms with Crippen LogP contribution in [0.3, 0.4) is 0 Å². The van der Waals surface area contributed by atoms with Gasteiger partial charge in [0, 0.05) is 6.20 Å². The zero-order valence-corrected chi connectivity index (χ0v) is 7.21. The Morgan fingerprint density at radius 2 is 2.07 bits per heavy atom. The Balaban J connectivity index is 2.62. The summed E-state index contributed by atoms with van der Waals surface area (Å²) in [5, 5.41) is 16.8. The van der Waals surface area contributed by atoms with Gasteiger partial charge in [-0.1, -0.05) is 0 Å². The molecule has 0 spiro atoms. The van der Waals surface area contributed by atoms with E-state index < -0.39 is 18.5 Å². The van der Waals surface area contributed by atoms with Crippen molar-refractivity contribution in [3.63, 3.8) is 0 Å². The molecule has 2 N–H and O–H groups in total. The Labute approximate surface area is 79.3 Å². The molecule has 0 amide bonds. The molecule has 0 atom stereocenters. The zero-order valence-electron chi connectivity index (χ0n) is 7.21. The summed E-state index contributed by atoms with van der Waals surface area (Å²) in [6, 6.07) is 3.09. The first-order chi connectivity index (χ1) is 6.59. The molecular formula is C8H9NO5. The minimum atomic E-state index is -1.10. The van der Waals surface area contributed by atoms with E-state index in [1.54, 1.807) is 6.07 Å². The van der Waals surface area contributed by atoms with Crippen molar-refractivity contribution in [2.24, 2.45) is 0 Å². The van der Waals surface area contributed by atoms with Crippen LogP contribution in [0, 0.1) is 0 Å². The van der Waals surface area contributed by atoms with E-state index in [0.29, 0.717) is 0 Å². The highest BCUT2D eigenvalue weighted by Crippen LogP contribution is 2.11. The van der Waals surface area contributed by atoms with Gasteiger partial charge < -0.3 is 19.5 Å². The third-order valence-electron chi connectivity index (χ3n) is 1.44. The Bertz CT molecular complexity index is 343. The monoisotopic (exact) mass is 199 g/mol. The fourth-order valence-corrected chi connectivity index (χ4v) is 0.941. The molecule has 1 rings (SSSR count). The van der Waals surface area contributed by atoms with Gasteiger partial charge in [-0.05, 0) is 12.1 Å². The molecule has 0 unspecified atom stereocenters. The highest BCUT2D eigenvalue weighted by atomic mass is 16.5. The fourth-order valence-electron chi connectivity index (χ4n) is 0.941. The average molecular weight is 199 g/mol. The number of aliphatic carboxylic acids is 2. The summed E-state index contributed by atoms with van der Waals surface area (Å²) >= 11 is 0. The molecular weight excluding hydrogens is 190 g/mol. The van der Waals surface area contributed by atoms with Crippen molar-refractivity contribution in [1.29, 1.82) is 0 Å². The van der Waals surface area contributed by atoms with Crippen LogP contribution in [0.25, 0.3) is 0 Å². The molecule has 0 aliphatic heterocycles. The Kier molecular flexibility index (Phi) is 3.11. The molecule has 0 fully saturated rings. The summed E-state index contributed by atoms with van der Waals surface area (Å²) in [5.41, 5.74) is 0. The highest BCUT2D eigenvalue weighted by molar-refractivity contribution is 5.68.